The number of rotatable bonds is 2. The Kier molecular flexibility index (Phi) is 7.41. The largest absolute Gasteiger partial charge is 0.493 e. The summed E-state index contributed by atoms with van der Waals surface area (Å²) in [6.45, 7) is 4.78. The molecule has 0 saturated carbocycles. The molecule has 8 nitrogen and oxygen atoms in total. The molecule has 2 aliphatic heterocycles. The fourth-order valence-electron chi connectivity index (χ4n) is 4.21. The number of morpholine rings is 1. The van der Waals surface area contributed by atoms with Crippen LogP contribution in [-0.4, -0.2) is 56.6 Å². The summed E-state index contributed by atoms with van der Waals surface area (Å²) < 4.78 is 23.0. The van der Waals surface area contributed by atoms with Gasteiger partial charge in [0.25, 0.3) is 0 Å². The first kappa shape index (κ1) is 23.1. The Balaban J connectivity index is 1.48. The molecule has 0 atom stereocenters. The zero-order chi connectivity index (χ0) is 23.9. The summed E-state index contributed by atoms with van der Waals surface area (Å²) in [5, 5.41) is 3.36. The summed E-state index contributed by atoms with van der Waals surface area (Å²) in [4.78, 5) is 11.5. The van der Waals surface area contributed by atoms with Crippen molar-refractivity contribution in [2.24, 2.45) is 0 Å². The zero-order valence-corrected chi connectivity index (χ0v) is 19.9. The van der Waals surface area contributed by atoms with E-state index in [4.69, 9.17) is 23.9 Å². The lowest BCUT2D eigenvalue weighted by atomic mass is 10.1. The van der Waals surface area contributed by atoms with Crippen LogP contribution in [0.4, 0.5) is 17.3 Å². The molecule has 3 aromatic rings. The van der Waals surface area contributed by atoms with E-state index in [0.717, 1.165) is 55.2 Å². The Morgan fingerprint density at radius 2 is 1.89 bits per heavy atom. The summed E-state index contributed by atoms with van der Waals surface area (Å²) in [6.07, 6.45) is 6.64. The first-order valence-corrected chi connectivity index (χ1v) is 11.9. The van der Waals surface area contributed by atoms with Gasteiger partial charge < -0.3 is 29.2 Å². The lowest BCUT2D eigenvalue weighted by Crippen LogP contribution is -2.36. The Labute approximate surface area is 205 Å². The van der Waals surface area contributed by atoms with Gasteiger partial charge in [-0.2, -0.15) is 0 Å². The van der Waals surface area contributed by atoms with E-state index in [1.807, 2.05) is 30.3 Å². The molecule has 1 N–H and O–H groups in total. The van der Waals surface area contributed by atoms with Crippen LogP contribution in [0.2, 0.25) is 0 Å². The average Bonchev–Trinajstić information content (AvgIpc) is 2.90. The van der Waals surface area contributed by atoms with Gasteiger partial charge in [0.15, 0.2) is 11.5 Å². The maximum atomic E-state index is 6.01. The summed E-state index contributed by atoms with van der Waals surface area (Å²) in [5.41, 5.74) is 4.93. The molecule has 0 aliphatic carbocycles. The highest BCUT2D eigenvalue weighted by molar-refractivity contribution is 5.67. The predicted octanol–water partition coefficient (Wildman–Crippen LogP) is 4.59. The van der Waals surface area contributed by atoms with Crippen molar-refractivity contribution in [2.75, 3.05) is 56.8 Å². The topological polar surface area (TPSA) is 78.0 Å². The van der Waals surface area contributed by atoms with Crippen molar-refractivity contribution in [3.63, 3.8) is 0 Å². The van der Waals surface area contributed by atoms with Crippen molar-refractivity contribution in [1.29, 1.82) is 0 Å². The van der Waals surface area contributed by atoms with Crippen LogP contribution in [-0.2, 0) is 16.1 Å². The van der Waals surface area contributed by atoms with Crippen molar-refractivity contribution >= 4 is 17.3 Å². The van der Waals surface area contributed by atoms with Gasteiger partial charge in [-0.3, -0.25) is 0 Å². The number of methoxy groups -OCH3 is 1. The van der Waals surface area contributed by atoms with E-state index in [1.54, 1.807) is 13.3 Å². The molecule has 1 saturated heterocycles. The number of nitrogens with zero attached hydrogens (tertiary/aromatic N) is 3. The Morgan fingerprint density at radius 1 is 0.971 bits per heavy atom. The lowest BCUT2D eigenvalue weighted by Gasteiger charge is -2.31. The molecule has 6 bridgehead atoms. The second-order valence-electron chi connectivity index (χ2n) is 8.32. The van der Waals surface area contributed by atoms with Gasteiger partial charge >= 0.3 is 0 Å². The maximum absolute atomic E-state index is 6.01. The third-order valence-electron chi connectivity index (χ3n) is 5.98. The molecule has 0 spiro atoms. The molecule has 182 valence electrons. The van der Waals surface area contributed by atoms with Crippen LogP contribution < -0.4 is 19.7 Å². The minimum atomic E-state index is 0.506. The standard InChI is InChI=1S/C27H30N4O4/c1-32-25-8-5-20-18-26(25)35-14-4-2-3-13-34-19-21-17-22(29-27-28-10-9-23(20)30-27)6-7-24(21)31-11-15-33-16-12-31/h2-3,5-10,17-18H,4,11-16,19H2,1H3,(H,28,29,30)/b3-2+. The van der Waals surface area contributed by atoms with Gasteiger partial charge in [-0.25, -0.2) is 9.97 Å². The van der Waals surface area contributed by atoms with Crippen molar-refractivity contribution in [3.05, 3.63) is 66.4 Å². The van der Waals surface area contributed by atoms with Crippen LogP contribution in [0.25, 0.3) is 11.3 Å². The minimum absolute atomic E-state index is 0.506. The number of benzene rings is 2. The molecular weight excluding hydrogens is 444 g/mol. The molecule has 0 amide bonds. The molecule has 8 heteroatoms. The summed E-state index contributed by atoms with van der Waals surface area (Å²) >= 11 is 0. The number of ether oxygens (including phenoxy) is 4. The Hall–Kier alpha value is -3.62. The van der Waals surface area contributed by atoms with Crippen LogP contribution >= 0.6 is 0 Å². The molecule has 1 fully saturated rings. The van der Waals surface area contributed by atoms with Crippen molar-refractivity contribution in [3.8, 4) is 22.8 Å². The van der Waals surface area contributed by atoms with Crippen molar-refractivity contribution in [2.45, 2.75) is 13.0 Å². The smallest absolute Gasteiger partial charge is 0.227 e. The maximum Gasteiger partial charge on any atom is 0.227 e. The second kappa shape index (κ2) is 11.2. The number of anilines is 3. The fourth-order valence-corrected chi connectivity index (χ4v) is 4.21. The number of hydrogen-bond donors (Lipinski definition) is 1. The van der Waals surface area contributed by atoms with Gasteiger partial charge in [0.2, 0.25) is 5.95 Å². The van der Waals surface area contributed by atoms with Crippen molar-refractivity contribution < 1.29 is 18.9 Å². The van der Waals surface area contributed by atoms with Crippen molar-refractivity contribution in [1.82, 2.24) is 9.97 Å². The van der Waals surface area contributed by atoms with Crippen LogP contribution in [0.1, 0.15) is 12.0 Å². The minimum Gasteiger partial charge on any atom is -0.493 e. The molecular formula is C27H30N4O4. The third kappa shape index (κ3) is 5.72. The van der Waals surface area contributed by atoms with Crippen LogP contribution in [0.3, 0.4) is 0 Å². The Morgan fingerprint density at radius 3 is 2.77 bits per heavy atom. The van der Waals surface area contributed by atoms with Gasteiger partial charge in [-0.15, -0.1) is 0 Å². The third-order valence-corrected chi connectivity index (χ3v) is 5.98. The van der Waals surface area contributed by atoms with E-state index >= 15 is 0 Å². The molecule has 0 unspecified atom stereocenters. The number of nitrogens with one attached hydrogen (secondary N) is 1. The van der Waals surface area contributed by atoms with Gasteiger partial charge in [-0.1, -0.05) is 12.2 Å². The second-order valence-corrected chi connectivity index (χ2v) is 8.32. The van der Waals surface area contributed by atoms with Crippen LogP contribution in [0.15, 0.2) is 60.8 Å². The summed E-state index contributed by atoms with van der Waals surface area (Å²) in [6, 6.07) is 14.0. The van der Waals surface area contributed by atoms with E-state index in [0.29, 0.717) is 37.3 Å². The molecule has 2 aromatic carbocycles. The van der Waals surface area contributed by atoms with E-state index in [2.05, 4.69) is 39.5 Å². The monoisotopic (exact) mass is 474 g/mol. The van der Waals surface area contributed by atoms with Crippen LogP contribution in [0, 0.1) is 0 Å². The molecule has 3 heterocycles. The average molecular weight is 475 g/mol. The normalized spacial score (nSPS) is 17.3. The molecule has 5 rings (SSSR count). The molecule has 0 radical (unpaired) electrons. The zero-order valence-electron chi connectivity index (χ0n) is 19.9. The van der Waals surface area contributed by atoms with Gasteiger partial charge in [0.1, 0.15) is 0 Å². The van der Waals surface area contributed by atoms with E-state index in [1.165, 1.54) is 5.69 Å². The quantitative estimate of drug-likeness (QED) is 0.541. The highest BCUT2D eigenvalue weighted by Gasteiger charge is 2.16. The van der Waals surface area contributed by atoms with E-state index in [9.17, 15) is 0 Å². The SMILES string of the molecule is COc1ccc2cc1OCC/C=C/COCc1cc(ccc1N1CCOCC1)Nc1nccc-2n1. The first-order valence-electron chi connectivity index (χ1n) is 11.9. The number of hydrogen-bond acceptors (Lipinski definition) is 8. The van der Waals surface area contributed by atoms with Gasteiger partial charge in [0, 0.05) is 41.8 Å². The highest BCUT2D eigenvalue weighted by atomic mass is 16.5. The first-order chi connectivity index (χ1) is 17.3. The fraction of sp³-hybridized carbons (Fsp3) is 0.333. The van der Waals surface area contributed by atoms with E-state index < -0.39 is 0 Å². The summed E-state index contributed by atoms with van der Waals surface area (Å²) in [5.74, 6) is 1.90. The van der Waals surface area contributed by atoms with Gasteiger partial charge in [-0.05, 0) is 48.9 Å². The highest BCUT2D eigenvalue weighted by Crippen LogP contribution is 2.33. The molecule has 2 aliphatic rings. The number of aromatic nitrogens is 2. The van der Waals surface area contributed by atoms with Gasteiger partial charge in [0.05, 0.1) is 45.8 Å². The molecule has 1 aromatic heterocycles. The number of fused-ring (bicyclic) bond motifs is 7. The molecule has 35 heavy (non-hydrogen) atoms. The Bertz CT molecular complexity index is 1180. The van der Waals surface area contributed by atoms with E-state index in [-0.39, 0.29) is 0 Å². The summed E-state index contributed by atoms with van der Waals surface area (Å²) in [7, 11) is 1.64. The van der Waals surface area contributed by atoms with Crippen LogP contribution in [0.5, 0.6) is 11.5 Å². The lowest BCUT2D eigenvalue weighted by molar-refractivity contribution is 0.121. The predicted molar refractivity (Wildman–Crippen MR) is 136 cm³/mol.